The van der Waals surface area contributed by atoms with Gasteiger partial charge in [0.1, 0.15) is 5.78 Å². The van der Waals surface area contributed by atoms with Gasteiger partial charge in [0.15, 0.2) is 5.92 Å². The lowest BCUT2D eigenvalue weighted by Crippen LogP contribution is -2.30. The van der Waals surface area contributed by atoms with Gasteiger partial charge in [-0.2, -0.15) is 0 Å². The van der Waals surface area contributed by atoms with E-state index in [1.54, 1.807) is 0 Å². The van der Waals surface area contributed by atoms with E-state index in [0.717, 1.165) is 0 Å². The SMILES string of the molecule is CC(=O)C[C@H](C)C(C(=O)O)C(=O)O. The maximum atomic E-state index is 10.6. The number of ketones is 1. The van der Waals surface area contributed by atoms with Crippen LogP contribution in [-0.4, -0.2) is 27.9 Å². The molecule has 0 aliphatic rings. The van der Waals surface area contributed by atoms with Crippen LogP contribution in [0.2, 0.25) is 0 Å². The Kier molecular flexibility index (Phi) is 4.10. The summed E-state index contributed by atoms with van der Waals surface area (Å²) in [7, 11) is 0. The highest BCUT2D eigenvalue weighted by Gasteiger charge is 2.32. The summed E-state index contributed by atoms with van der Waals surface area (Å²) >= 11 is 0. The molecule has 0 saturated heterocycles. The maximum absolute atomic E-state index is 10.6. The van der Waals surface area contributed by atoms with E-state index in [1.165, 1.54) is 13.8 Å². The smallest absolute Gasteiger partial charge is 0.318 e. The van der Waals surface area contributed by atoms with Crippen LogP contribution in [0.5, 0.6) is 0 Å². The van der Waals surface area contributed by atoms with Gasteiger partial charge in [-0.3, -0.25) is 9.59 Å². The highest BCUT2D eigenvalue weighted by Crippen LogP contribution is 2.16. The Morgan fingerprint density at radius 1 is 1.15 bits per heavy atom. The molecule has 0 amide bonds. The van der Waals surface area contributed by atoms with Crippen LogP contribution in [0.15, 0.2) is 0 Å². The van der Waals surface area contributed by atoms with Gasteiger partial charge >= 0.3 is 11.9 Å². The number of carbonyl (C=O) groups is 3. The molecular weight excluding hydrogens is 176 g/mol. The first kappa shape index (κ1) is 11.6. The van der Waals surface area contributed by atoms with Crippen molar-refractivity contribution in [1.29, 1.82) is 0 Å². The summed E-state index contributed by atoms with van der Waals surface area (Å²) < 4.78 is 0. The van der Waals surface area contributed by atoms with E-state index >= 15 is 0 Å². The first-order valence-corrected chi connectivity index (χ1v) is 3.81. The largest absolute Gasteiger partial charge is 0.481 e. The average Bonchev–Trinajstić information content (AvgIpc) is 1.81. The number of hydrogen-bond donors (Lipinski definition) is 2. The van der Waals surface area contributed by atoms with Gasteiger partial charge in [0.25, 0.3) is 0 Å². The minimum Gasteiger partial charge on any atom is -0.481 e. The Morgan fingerprint density at radius 3 is 1.77 bits per heavy atom. The van der Waals surface area contributed by atoms with Crippen molar-refractivity contribution in [2.24, 2.45) is 11.8 Å². The van der Waals surface area contributed by atoms with Crippen molar-refractivity contribution in [3.63, 3.8) is 0 Å². The fraction of sp³-hybridized carbons (Fsp3) is 0.625. The third kappa shape index (κ3) is 3.68. The highest BCUT2D eigenvalue weighted by atomic mass is 16.4. The second-order valence-electron chi connectivity index (χ2n) is 3.04. The third-order valence-electron chi connectivity index (χ3n) is 1.71. The molecule has 0 bridgehead atoms. The topological polar surface area (TPSA) is 91.7 Å². The summed E-state index contributed by atoms with van der Waals surface area (Å²) in [5.74, 6) is -5.18. The Labute approximate surface area is 75.4 Å². The molecule has 0 fully saturated rings. The summed E-state index contributed by atoms with van der Waals surface area (Å²) in [4.78, 5) is 31.6. The normalized spacial score (nSPS) is 12.5. The Hall–Kier alpha value is -1.39. The zero-order valence-corrected chi connectivity index (χ0v) is 7.48. The molecule has 0 saturated carbocycles. The van der Waals surface area contributed by atoms with E-state index in [1.807, 2.05) is 0 Å². The Balaban J connectivity index is 4.46. The number of rotatable bonds is 5. The van der Waals surface area contributed by atoms with Gasteiger partial charge < -0.3 is 15.0 Å². The van der Waals surface area contributed by atoms with Crippen molar-refractivity contribution < 1.29 is 24.6 Å². The van der Waals surface area contributed by atoms with Gasteiger partial charge in [-0.25, -0.2) is 0 Å². The molecule has 0 aromatic heterocycles. The molecule has 13 heavy (non-hydrogen) atoms. The number of aliphatic carboxylic acids is 2. The number of Topliss-reactive ketones (excluding diaryl/α,β-unsaturated/α-hetero) is 1. The predicted octanol–water partition coefficient (Wildman–Crippen LogP) is 0.387. The van der Waals surface area contributed by atoms with Crippen LogP contribution >= 0.6 is 0 Å². The summed E-state index contributed by atoms with van der Waals surface area (Å²) in [6, 6.07) is 0. The minimum atomic E-state index is -1.50. The number of carbonyl (C=O) groups excluding carboxylic acids is 1. The van der Waals surface area contributed by atoms with Crippen molar-refractivity contribution in [1.82, 2.24) is 0 Å². The quantitative estimate of drug-likeness (QED) is 0.609. The van der Waals surface area contributed by atoms with Crippen LogP contribution in [0, 0.1) is 11.8 Å². The van der Waals surface area contributed by atoms with Crippen LogP contribution in [0.25, 0.3) is 0 Å². The molecule has 5 heteroatoms. The molecular formula is C8H12O5. The second-order valence-corrected chi connectivity index (χ2v) is 3.04. The van der Waals surface area contributed by atoms with Crippen LogP contribution in [0.3, 0.4) is 0 Å². The van der Waals surface area contributed by atoms with Crippen molar-refractivity contribution in [2.75, 3.05) is 0 Å². The van der Waals surface area contributed by atoms with E-state index in [4.69, 9.17) is 10.2 Å². The zero-order valence-electron chi connectivity index (χ0n) is 7.48. The fourth-order valence-electron chi connectivity index (χ4n) is 1.16. The van der Waals surface area contributed by atoms with E-state index in [0.29, 0.717) is 0 Å². The zero-order chi connectivity index (χ0) is 10.6. The number of hydrogen-bond acceptors (Lipinski definition) is 3. The standard InChI is InChI=1S/C8H12O5/c1-4(3-5(2)9)6(7(10)11)8(12)13/h4,6H,3H2,1-2H3,(H,10,11)(H,12,13)/t4-/m0/s1. The van der Waals surface area contributed by atoms with E-state index < -0.39 is 23.8 Å². The Bertz CT molecular complexity index is 219. The monoisotopic (exact) mass is 188 g/mol. The Morgan fingerprint density at radius 2 is 1.54 bits per heavy atom. The van der Waals surface area contributed by atoms with Gasteiger partial charge in [-0.15, -0.1) is 0 Å². The molecule has 0 heterocycles. The first-order chi connectivity index (χ1) is 5.86. The minimum absolute atomic E-state index is 0.0245. The van der Waals surface area contributed by atoms with Crippen molar-refractivity contribution in [3.05, 3.63) is 0 Å². The summed E-state index contributed by atoms with van der Waals surface area (Å²) in [5, 5.41) is 17.1. The highest BCUT2D eigenvalue weighted by molar-refractivity contribution is 5.93. The van der Waals surface area contributed by atoms with Gasteiger partial charge in [0.2, 0.25) is 0 Å². The molecule has 0 aliphatic heterocycles. The van der Waals surface area contributed by atoms with E-state index in [-0.39, 0.29) is 12.2 Å². The van der Waals surface area contributed by atoms with Crippen molar-refractivity contribution in [3.8, 4) is 0 Å². The lowest BCUT2D eigenvalue weighted by atomic mass is 9.90. The summed E-state index contributed by atoms with van der Waals surface area (Å²) in [6.07, 6.45) is -0.0245. The van der Waals surface area contributed by atoms with Gasteiger partial charge in [-0.1, -0.05) is 6.92 Å². The average molecular weight is 188 g/mol. The van der Waals surface area contributed by atoms with Crippen molar-refractivity contribution >= 4 is 17.7 Å². The van der Waals surface area contributed by atoms with Gasteiger partial charge in [0.05, 0.1) is 0 Å². The summed E-state index contributed by atoms with van der Waals surface area (Å²) in [6.45, 7) is 2.74. The van der Waals surface area contributed by atoms with E-state index in [2.05, 4.69) is 0 Å². The van der Waals surface area contributed by atoms with Crippen LogP contribution < -0.4 is 0 Å². The molecule has 74 valence electrons. The fourth-order valence-corrected chi connectivity index (χ4v) is 1.16. The molecule has 0 unspecified atom stereocenters. The molecule has 1 atom stereocenters. The molecule has 2 N–H and O–H groups in total. The molecule has 0 rings (SSSR count). The predicted molar refractivity (Wildman–Crippen MR) is 43.2 cm³/mol. The van der Waals surface area contributed by atoms with Gasteiger partial charge in [0, 0.05) is 6.42 Å². The van der Waals surface area contributed by atoms with Crippen LogP contribution in [0.4, 0.5) is 0 Å². The van der Waals surface area contributed by atoms with Crippen LogP contribution in [0.1, 0.15) is 20.3 Å². The lowest BCUT2D eigenvalue weighted by Gasteiger charge is -2.13. The molecule has 0 aromatic rings. The molecule has 0 aliphatic carbocycles. The number of carboxylic acids is 2. The maximum Gasteiger partial charge on any atom is 0.318 e. The first-order valence-electron chi connectivity index (χ1n) is 3.81. The number of carboxylic acid groups (broad SMARTS) is 2. The molecule has 0 aromatic carbocycles. The lowest BCUT2D eigenvalue weighted by molar-refractivity contribution is -0.157. The summed E-state index contributed by atoms with van der Waals surface area (Å²) in [5.41, 5.74) is 0. The van der Waals surface area contributed by atoms with E-state index in [9.17, 15) is 14.4 Å². The molecule has 0 spiro atoms. The third-order valence-corrected chi connectivity index (χ3v) is 1.71. The van der Waals surface area contributed by atoms with Crippen LogP contribution in [-0.2, 0) is 14.4 Å². The molecule has 0 radical (unpaired) electrons. The second kappa shape index (κ2) is 4.59. The van der Waals surface area contributed by atoms with Gasteiger partial charge in [-0.05, 0) is 12.8 Å². The molecule has 5 nitrogen and oxygen atoms in total. The van der Waals surface area contributed by atoms with Crippen molar-refractivity contribution in [2.45, 2.75) is 20.3 Å².